The van der Waals surface area contributed by atoms with Crippen LogP contribution in [-0.2, 0) is 6.54 Å². The van der Waals surface area contributed by atoms with Crippen molar-refractivity contribution in [2.24, 2.45) is 0 Å². The smallest absolute Gasteiger partial charge is 0.231 e. The van der Waals surface area contributed by atoms with E-state index in [0.29, 0.717) is 5.75 Å². The molecule has 100 valence electrons. The summed E-state index contributed by atoms with van der Waals surface area (Å²) in [5.41, 5.74) is 1.13. The van der Waals surface area contributed by atoms with Gasteiger partial charge in [-0.3, -0.25) is 0 Å². The molecule has 0 atom stereocenters. The fourth-order valence-electron chi connectivity index (χ4n) is 1.82. The van der Waals surface area contributed by atoms with E-state index in [-0.39, 0.29) is 6.79 Å². The van der Waals surface area contributed by atoms with Crippen molar-refractivity contribution in [2.45, 2.75) is 6.54 Å². The lowest BCUT2D eigenvalue weighted by molar-refractivity contribution is 0.171. The maximum atomic E-state index is 5.39. The van der Waals surface area contributed by atoms with Crippen LogP contribution in [0.1, 0.15) is 5.56 Å². The second-order valence-electron chi connectivity index (χ2n) is 4.51. The van der Waals surface area contributed by atoms with Gasteiger partial charge in [-0.05, 0) is 31.8 Å². The van der Waals surface area contributed by atoms with Gasteiger partial charge < -0.3 is 24.4 Å². The number of nitrogens with zero attached hydrogens (tertiary/aromatic N) is 1. The molecule has 0 spiro atoms. The molecule has 0 bridgehead atoms. The number of fused-ring (bicyclic) bond motifs is 1. The Morgan fingerprint density at radius 2 is 2.17 bits per heavy atom. The largest absolute Gasteiger partial charge is 0.493 e. The van der Waals surface area contributed by atoms with E-state index >= 15 is 0 Å². The summed E-state index contributed by atoms with van der Waals surface area (Å²) in [6.45, 7) is 3.02. The second kappa shape index (κ2) is 5.93. The first kappa shape index (κ1) is 13.0. The van der Waals surface area contributed by atoms with Gasteiger partial charge in [0.15, 0.2) is 11.5 Å². The molecular weight excluding hydrogens is 232 g/mol. The molecule has 1 heterocycles. The van der Waals surface area contributed by atoms with Gasteiger partial charge in [0.25, 0.3) is 0 Å². The lowest BCUT2D eigenvalue weighted by atomic mass is 10.2. The van der Waals surface area contributed by atoms with Gasteiger partial charge in [-0.2, -0.15) is 0 Å². The topological polar surface area (TPSA) is 43.0 Å². The molecule has 18 heavy (non-hydrogen) atoms. The lowest BCUT2D eigenvalue weighted by Gasteiger charge is -2.11. The van der Waals surface area contributed by atoms with E-state index in [1.807, 2.05) is 12.1 Å². The van der Waals surface area contributed by atoms with Gasteiger partial charge in [-0.15, -0.1) is 0 Å². The van der Waals surface area contributed by atoms with E-state index in [2.05, 4.69) is 24.3 Å². The van der Waals surface area contributed by atoms with Crippen LogP contribution in [0.3, 0.4) is 0 Å². The Balaban J connectivity index is 1.97. The van der Waals surface area contributed by atoms with Crippen molar-refractivity contribution >= 4 is 0 Å². The highest BCUT2D eigenvalue weighted by Crippen LogP contribution is 2.41. The van der Waals surface area contributed by atoms with E-state index in [1.54, 1.807) is 7.11 Å². The molecule has 1 N–H and O–H groups in total. The van der Waals surface area contributed by atoms with E-state index in [9.17, 15) is 0 Å². The Hall–Kier alpha value is -1.46. The number of hydrogen-bond acceptors (Lipinski definition) is 5. The van der Waals surface area contributed by atoms with Crippen LogP contribution >= 0.6 is 0 Å². The summed E-state index contributed by atoms with van der Waals surface area (Å²) in [4.78, 5) is 2.15. The minimum Gasteiger partial charge on any atom is -0.493 e. The molecule has 0 aromatic heterocycles. The van der Waals surface area contributed by atoms with Crippen LogP contribution in [0, 0.1) is 0 Å². The van der Waals surface area contributed by atoms with Crippen molar-refractivity contribution in [1.29, 1.82) is 0 Å². The van der Waals surface area contributed by atoms with Crippen molar-refractivity contribution in [3.05, 3.63) is 17.7 Å². The zero-order valence-electron chi connectivity index (χ0n) is 11.2. The van der Waals surface area contributed by atoms with Crippen LogP contribution in [-0.4, -0.2) is 46.0 Å². The van der Waals surface area contributed by atoms with Crippen molar-refractivity contribution < 1.29 is 14.2 Å². The monoisotopic (exact) mass is 252 g/mol. The summed E-state index contributed by atoms with van der Waals surface area (Å²) in [5.74, 6) is 2.20. The molecule has 0 saturated carbocycles. The van der Waals surface area contributed by atoms with Gasteiger partial charge >= 0.3 is 0 Å². The molecule has 0 saturated heterocycles. The summed E-state index contributed by atoms with van der Waals surface area (Å²) in [7, 11) is 5.76. The summed E-state index contributed by atoms with van der Waals surface area (Å²) in [6, 6.07) is 3.98. The Bertz CT molecular complexity index is 407. The summed E-state index contributed by atoms with van der Waals surface area (Å²) >= 11 is 0. The van der Waals surface area contributed by atoms with Crippen LogP contribution in [0.15, 0.2) is 12.1 Å². The predicted molar refractivity (Wildman–Crippen MR) is 69.4 cm³/mol. The highest BCUT2D eigenvalue weighted by atomic mass is 16.7. The molecule has 1 aromatic rings. The quantitative estimate of drug-likeness (QED) is 0.767. The summed E-state index contributed by atoms with van der Waals surface area (Å²) in [6.07, 6.45) is 0. The van der Waals surface area contributed by atoms with Gasteiger partial charge in [-0.1, -0.05) is 0 Å². The van der Waals surface area contributed by atoms with Crippen molar-refractivity contribution in [3.8, 4) is 17.2 Å². The number of likely N-dealkylation sites (N-methyl/N-ethyl adjacent to an activating group) is 1. The maximum absolute atomic E-state index is 5.39. The third-order valence-corrected chi connectivity index (χ3v) is 2.78. The molecule has 2 rings (SSSR count). The van der Waals surface area contributed by atoms with E-state index < -0.39 is 0 Å². The van der Waals surface area contributed by atoms with E-state index in [0.717, 1.165) is 36.7 Å². The zero-order valence-corrected chi connectivity index (χ0v) is 11.2. The third kappa shape index (κ3) is 3.05. The standard InChI is InChI=1S/C13H20N2O3/c1-15(2)5-4-14-8-10-6-11(16-3)13-12(7-10)17-9-18-13/h6-7,14H,4-5,8-9H2,1-3H3. The number of hydrogen-bond donors (Lipinski definition) is 1. The van der Waals surface area contributed by atoms with Gasteiger partial charge in [0.05, 0.1) is 7.11 Å². The molecule has 0 fully saturated rings. The van der Waals surface area contributed by atoms with Crippen molar-refractivity contribution in [2.75, 3.05) is 41.1 Å². The van der Waals surface area contributed by atoms with Crippen molar-refractivity contribution in [1.82, 2.24) is 10.2 Å². The molecule has 0 radical (unpaired) electrons. The number of nitrogens with one attached hydrogen (secondary N) is 1. The number of rotatable bonds is 6. The Morgan fingerprint density at radius 1 is 1.33 bits per heavy atom. The van der Waals surface area contributed by atoms with E-state index in [1.165, 1.54) is 0 Å². The Kier molecular flexibility index (Phi) is 4.28. The van der Waals surface area contributed by atoms with Crippen LogP contribution in [0.25, 0.3) is 0 Å². The second-order valence-corrected chi connectivity index (χ2v) is 4.51. The molecule has 0 unspecified atom stereocenters. The van der Waals surface area contributed by atoms with Gasteiger partial charge in [-0.25, -0.2) is 0 Å². The molecule has 1 aliphatic heterocycles. The van der Waals surface area contributed by atoms with Crippen LogP contribution in [0.2, 0.25) is 0 Å². The van der Waals surface area contributed by atoms with Crippen molar-refractivity contribution in [3.63, 3.8) is 0 Å². The first-order valence-corrected chi connectivity index (χ1v) is 6.02. The van der Waals surface area contributed by atoms with Crippen LogP contribution in [0.4, 0.5) is 0 Å². The SMILES string of the molecule is COc1cc(CNCCN(C)C)cc2c1OCO2. The highest BCUT2D eigenvalue weighted by molar-refractivity contribution is 5.55. The molecule has 0 amide bonds. The fourth-order valence-corrected chi connectivity index (χ4v) is 1.82. The van der Waals surface area contributed by atoms with Gasteiger partial charge in [0.2, 0.25) is 12.5 Å². The number of benzene rings is 1. The normalized spacial score (nSPS) is 13.1. The summed E-state index contributed by atoms with van der Waals surface area (Å²) < 4.78 is 16.0. The minimum atomic E-state index is 0.267. The van der Waals surface area contributed by atoms with Gasteiger partial charge in [0.1, 0.15) is 0 Å². The average molecular weight is 252 g/mol. The first-order valence-electron chi connectivity index (χ1n) is 6.02. The molecule has 1 aromatic carbocycles. The average Bonchev–Trinajstić information content (AvgIpc) is 2.81. The zero-order chi connectivity index (χ0) is 13.0. The van der Waals surface area contributed by atoms with Gasteiger partial charge in [0, 0.05) is 19.6 Å². The molecule has 5 heteroatoms. The Morgan fingerprint density at radius 3 is 2.89 bits per heavy atom. The maximum Gasteiger partial charge on any atom is 0.231 e. The predicted octanol–water partition coefficient (Wildman–Crippen LogP) is 1.08. The van der Waals surface area contributed by atoms with Crippen LogP contribution < -0.4 is 19.5 Å². The van der Waals surface area contributed by atoms with E-state index in [4.69, 9.17) is 14.2 Å². The number of ether oxygens (including phenoxy) is 3. The number of methoxy groups -OCH3 is 1. The fraction of sp³-hybridized carbons (Fsp3) is 0.538. The first-order chi connectivity index (χ1) is 8.70. The molecule has 1 aliphatic rings. The molecule has 5 nitrogen and oxygen atoms in total. The lowest BCUT2D eigenvalue weighted by Crippen LogP contribution is -2.26. The summed E-state index contributed by atoms with van der Waals surface area (Å²) in [5, 5.41) is 3.38. The molecular formula is C13H20N2O3. The molecule has 0 aliphatic carbocycles. The Labute approximate surface area is 108 Å². The highest BCUT2D eigenvalue weighted by Gasteiger charge is 2.19. The minimum absolute atomic E-state index is 0.267. The van der Waals surface area contributed by atoms with Crippen LogP contribution in [0.5, 0.6) is 17.2 Å². The third-order valence-electron chi connectivity index (χ3n) is 2.78.